The Morgan fingerprint density at radius 3 is 2.60 bits per heavy atom. The molecule has 0 atom stereocenters. The molecule has 0 aromatic heterocycles. The van der Waals surface area contributed by atoms with Gasteiger partial charge in [-0.2, -0.15) is 4.85 Å². The van der Waals surface area contributed by atoms with Crippen molar-refractivity contribution >= 4 is 28.1 Å². The van der Waals surface area contributed by atoms with Gasteiger partial charge in [0.05, 0.1) is 0 Å². The van der Waals surface area contributed by atoms with Gasteiger partial charge < -0.3 is 0 Å². The normalized spacial score (nSPS) is 10.0. The van der Waals surface area contributed by atoms with Gasteiger partial charge in [-0.05, 0) is 0 Å². The molecule has 0 aliphatic rings. The van der Waals surface area contributed by atoms with E-state index in [0.29, 0.717) is 0 Å². The summed E-state index contributed by atoms with van der Waals surface area (Å²) in [5.41, 5.74) is 2.12. The first-order valence-corrected chi connectivity index (χ1v) is 4.51. The van der Waals surface area contributed by atoms with Gasteiger partial charge in [0.25, 0.3) is 0 Å². The molecule has 0 heterocycles. The molecule has 0 saturated carbocycles. The lowest BCUT2D eigenvalue weighted by Crippen LogP contribution is -2.11. The highest BCUT2D eigenvalue weighted by molar-refractivity contribution is 14.2. The number of nitrogens with two attached hydrogens (primary N) is 1. The zero-order valence-corrected chi connectivity index (χ0v) is 5.40. The molecule has 5 heavy (non-hydrogen) atoms. The predicted octanol–water partition coefficient (Wildman–Crippen LogP) is 0.845. The van der Waals surface area contributed by atoms with E-state index in [9.17, 15) is 0 Å². The molecule has 0 amide bonds. The summed E-state index contributed by atoms with van der Waals surface area (Å²) in [6, 6.07) is 0.889. The minimum atomic E-state index is 0.889. The van der Waals surface area contributed by atoms with Crippen LogP contribution in [0.2, 0.25) is 0 Å². The van der Waals surface area contributed by atoms with Gasteiger partial charge in [0.2, 0.25) is 0 Å². The Morgan fingerprint density at radius 1 is 2.00 bits per heavy atom. The average molecular weight is 203 g/mol. The van der Waals surface area contributed by atoms with Gasteiger partial charge in [-0.1, -0.05) is 0 Å². The average Bonchev–Trinajstić information content (AvgIpc) is 1.41. The van der Waals surface area contributed by atoms with E-state index in [1.54, 1.807) is 0 Å². The van der Waals surface area contributed by atoms with Gasteiger partial charge in [0.1, 0.15) is 6.02 Å². The SMILES string of the molecule is NN/N=P/I. The van der Waals surface area contributed by atoms with Crippen molar-refractivity contribution < 1.29 is 0 Å². The minimum absolute atomic E-state index is 0.889. The van der Waals surface area contributed by atoms with Crippen molar-refractivity contribution in [2.75, 3.05) is 0 Å². The van der Waals surface area contributed by atoms with Crippen LogP contribution in [0, 0.1) is 0 Å². The molecule has 3 nitrogen and oxygen atoms in total. The fraction of sp³-hybridized carbons (Fsp3) is 0. The Balaban J connectivity index is 2.62. The fourth-order valence-electron chi connectivity index (χ4n) is 0.0218. The van der Waals surface area contributed by atoms with Crippen LogP contribution >= 0.6 is 28.1 Å². The lowest BCUT2D eigenvalue weighted by atomic mass is 12.6. The predicted molar refractivity (Wildman–Crippen MR) is 30.7 cm³/mol. The maximum atomic E-state index is 4.71. The van der Waals surface area contributed by atoms with Crippen molar-refractivity contribution in [2.45, 2.75) is 0 Å². The lowest BCUT2D eigenvalue weighted by molar-refractivity contribution is 0.822. The van der Waals surface area contributed by atoms with Crippen molar-refractivity contribution in [1.29, 1.82) is 0 Å². The van der Waals surface area contributed by atoms with Crippen LogP contribution < -0.4 is 11.4 Å². The summed E-state index contributed by atoms with van der Waals surface area (Å²) in [6.45, 7) is 0. The van der Waals surface area contributed by atoms with Crippen molar-refractivity contribution in [1.82, 2.24) is 5.53 Å². The van der Waals surface area contributed by atoms with E-state index in [4.69, 9.17) is 5.84 Å². The maximum Gasteiger partial charge on any atom is 0.101 e. The number of nitrogens with zero attached hydrogens (tertiary/aromatic N) is 1. The third-order valence-electron chi connectivity index (χ3n) is 0.0955. The molecule has 0 aliphatic carbocycles. The number of hydrazine groups is 1. The van der Waals surface area contributed by atoms with Gasteiger partial charge in [-0.3, -0.25) is 5.84 Å². The lowest BCUT2D eigenvalue weighted by Gasteiger charge is -1.71. The summed E-state index contributed by atoms with van der Waals surface area (Å²) < 4.78 is 0. The monoisotopic (exact) mass is 203 g/mol. The van der Waals surface area contributed by atoms with Crippen LogP contribution in [0.5, 0.6) is 0 Å². The standard InChI is InChI=1S/H3IN3P/c1-5-4-3-2/h3H,2H2. The van der Waals surface area contributed by atoms with E-state index < -0.39 is 0 Å². The quantitative estimate of drug-likeness (QED) is 0.287. The number of hydrogen-bond donors (Lipinski definition) is 2. The first kappa shape index (κ1) is 5.75. The molecule has 3 N–H and O–H groups in total. The van der Waals surface area contributed by atoms with Crippen LogP contribution in [0.15, 0.2) is 4.85 Å². The van der Waals surface area contributed by atoms with E-state index in [0.717, 1.165) is 6.02 Å². The maximum absolute atomic E-state index is 4.71. The van der Waals surface area contributed by atoms with Gasteiger partial charge in [-0.15, -0.1) is 5.53 Å². The third-order valence-corrected chi connectivity index (χ3v) is 0.934. The van der Waals surface area contributed by atoms with Gasteiger partial charge in [0, 0.05) is 22.0 Å². The summed E-state index contributed by atoms with van der Waals surface area (Å²) >= 11 is 2.05. The third kappa shape index (κ3) is 4.75. The second-order valence-electron chi connectivity index (χ2n) is 0.305. The highest BCUT2D eigenvalue weighted by Crippen LogP contribution is 2.06. The molecule has 30 valence electrons. The Morgan fingerprint density at radius 2 is 2.60 bits per heavy atom. The Kier molecular flexibility index (Phi) is 5.46. The molecule has 0 rings (SSSR count). The molecule has 5 heteroatoms. The zero-order valence-electron chi connectivity index (χ0n) is 2.35. The summed E-state index contributed by atoms with van der Waals surface area (Å²) in [7, 11) is 0. The fourth-order valence-corrected chi connectivity index (χ4v) is 0.439. The summed E-state index contributed by atoms with van der Waals surface area (Å²) in [6.07, 6.45) is 0. The first-order valence-electron chi connectivity index (χ1n) is 0.881. The summed E-state index contributed by atoms with van der Waals surface area (Å²) in [5, 5.41) is 0. The largest absolute Gasteiger partial charge is 0.251 e. The molecule has 0 aliphatic heterocycles. The van der Waals surface area contributed by atoms with Crippen LogP contribution in [0.25, 0.3) is 0 Å². The smallest absolute Gasteiger partial charge is 0.101 e. The van der Waals surface area contributed by atoms with Crippen LogP contribution in [0.3, 0.4) is 0 Å². The van der Waals surface area contributed by atoms with E-state index in [2.05, 4.69) is 32.4 Å². The summed E-state index contributed by atoms with van der Waals surface area (Å²) in [5.74, 6) is 4.71. The van der Waals surface area contributed by atoms with Crippen molar-refractivity contribution in [2.24, 2.45) is 10.7 Å². The molecular formula is H3IN3P. The molecule has 0 aromatic rings. The van der Waals surface area contributed by atoms with Gasteiger partial charge >= 0.3 is 0 Å². The Labute approximate surface area is 44.6 Å². The van der Waals surface area contributed by atoms with Gasteiger partial charge in [-0.25, -0.2) is 0 Å². The van der Waals surface area contributed by atoms with E-state index in [-0.39, 0.29) is 0 Å². The van der Waals surface area contributed by atoms with E-state index >= 15 is 0 Å². The number of nitrogens with one attached hydrogen (secondary N) is 1. The Bertz CT molecular complexity index is 33.9. The second kappa shape index (κ2) is 4.75. The molecule has 0 spiro atoms. The van der Waals surface area contributed by atoms with Crippen LogP contribution in [-0.2, 0) is 0 Å². The molecular weight excluding hydrogens is 200 g/mol. The van der Waals surface area contributed by atoms with Crippen LogP contribution in [-0.4, -0.2) is 0 Å². The Hall–Kier alpha value is 0.750. The van der Waals surface area contributed by atoms with Crippen LogP contribution in [0.1, 0.15) is 0 Å². The van der Waals surface area contributed by atoms with E-state index in [1.165, 1.54) is 0 Å². The molecule has 0 radical (unpaired) electrons. The minimum Gasteiger partial charge on any atom is -0.251 e. The molecule has 0 fully saturated rings. The second-order valence-corrected chi connectivity index (χ2v) is 1.95. The van der Waals surface area contributed by atoms with Gasteiger partial charge in [0.15, 0.2) is 0 Å². The highest BCUT2D eigenvalue weighted by atomic mass is 127. The number of rotatable bonds is 1. The molecule has 0 aromatic carbocycles. The number of halogens is 1. The molecule has 0 bridgehead atoms. The highest BCUT2D eigenvalue weighted by Gasteiger charge is 1.49. The van der Waals surface area contributed by atoms with Crippen molar-refractivity contribution in [3.05, 3.63) is 0 Å². The number of hydrogen-bond acceptors (Lipinski definition) is 2. The first-order chi connectivity index (χ1) is 2.41. The topological polar surface area (TPSA) is 50.4 Å². The van der Waals surface area contributed by atoms with Crippen LogP contribution in [0.4, 0.5) is 0 Å². The van der Waals surface area contributed by atoms with Crippen molar-refractivity contribution in [3.63, 3.8) is 0 Å². The molecule has 0 unspecified atom stereocenters. The summed E-state index contributed by atoms with van der Waals surface area (Å²) in [4.78, 5) is 3.46. The zero-order chi connectivity index (χ0) is 4.12. The molecule has 0 saturated heterocycles. The van der Waals surface area contributed by atoms with Crippen molar-refractivity contribution in [3.8, 4) is 0 Å². The van der Waals surface area contributed by atoms with E-state index in [1.807, 2.05) is 0 Å².